The van der Waals surface area contributed by atoms with Crippen molar-refractivity contribution in [1.82, 2.24) is 4.98 Å². The van der Waals surface area contributed by atoms with Crippen molar-refractivity contribution in [2.75, 3.05) is 30.9 Å². The monoisotopic (exact) mass is 357 g/mol. The SMILES string of the molecule is Cc1cc(N[C@@H](CO)c2cccc(N(C)C)c2)c2ccc(F)c(F)c2n1. The van der Waals surface area contributed by atoms with E-state index in [0.717, 1.165) is 17.3 Å². The topological polar surface area (TPSA) is 48.4 Å². The molecule has 1 atom stereocenters. The second kappa shape index (κ2) is 7.25. The van der Waals surface area contributed by atoms with Crippen LogP contribution in [0.4, 0.5) is 20.2 Å². The number of aromatic nitrogens is 1. The summed E-state index contributed by atoms with van der Waals surface area (Å²) in [5.74, 6) is -1.90. The van der Waals surface area contributed by atoms with Gasteiger partial charge in [0.15, 0.2) is 11.6 Å². The highest BCUT2D eigenvalue weighted by atomic mass is 19.2. The Morgan fingerprint density at radius 2 is 1.92 bits per heavy atom. The Bertz CT molecular complexity index is 944. The molecule has 26 heavy (non-hydrogen) atoms. The number of pyridine rings is 1. The van der Waals surface area contributed by atoms with Gasteiger partial charge in [0.1, 0.15) is 5.52 Å². The van der Waals surface area contributed by atoms with E-state index in [1.54, 1.807) is 13.0 Å². The van der Waals surface area contributed by atoms with Crippen LogP contribution in [0.1, 0.15) is 17.3 Å². The van der Waals surface area contributed by atoms with Crippen LogP contribution in [0.15, 0.2) is 42.5 Å². The molecule has 6 heteroatoms. The van der Waals surface area contributed by atoms with E-state index in [1.165, 1.54) is 6.07 Å². The third kappa shape index (κ3) is 3.46. The van der Waals surface area contributed by atoms with Crippen LogP contribution in [-0.4, -0.2) is 30.8 Å². The molecule has 0 saturated carbocycles. The molecule has 0 aliphatic carbocycles. The van der Waals surface area contributed by atoms with E-state index in [2.05, 4.69) is 10.3 Å². The zero-order valence-electron chi connectivity index (χ0n) is 14.9. The van der Waals surface area contributed by atoms with Crippen molar-refractivity contribution >= 4 is 22.3 Å². The molecule has 136 valence electrons. The maximum absolute atomic E-state index is 14.1. The largest absolute Gasteiger partial charge is 0.394 e. The number of benzene rings is 2. The normalized spacial score (nSPS) is 12.2. The van der Waals surface area contributed by atoms with Gasteiger partial charge in [-0.05, 0) is 42.8 Å². The first-order chi connectivity index (χ1) is 12.4. The van der Waals surface area contributed by atoms with Gasteiger partial charge < -0.3 is 15.3 Å². The smallest absolute Gasteiger partial charge is 0.185 e. The summed E-state index contributed by atoms with van der Waals surface area (Å²) in [6, 6.07) is 11.7. The van der Waals surface area contributed by atoms with E-state index in [-0.39, 0.29) is 12.1 Å². The molecular weight excluding hydrogens is 336 g/mol. The number of aliphatic hydroxyl groups excluding tert-OH is 1. The summed E-state index contributed by atoms with van der Waals surface area (Å²) < 4.78 is 27.7. The van der Waals surface area contributed by atoms with Gasteiger partial charge in [-0.25, -0.2) is 13.8 Å². The fourth-order valence-corrected chi connectivity index (χ4v) is 2.92. The molecule has 0 fully saturated rings. The van der Waals surface area contributed by atoms with Gasteiger partial charge in [-0.3, -0.25) is 0 Å². The molecule has 0 aliphatic rings. The lowest BCUT2D eigenvalue weighted by Crippen LogP contribution is -2.16. The van der Waals surface area contributed by atoms with Crippen LogP contribution in [0.25, 0.3) is 10.9 Å². The Hall–Kier alpha value is -2.73. The predicted molar refractivity (Wildman–Crippen MR) is 101 cm³/mol. The molecule has 1 heterocycles. The highest BCUT2D eigenvalue weighted by Crippen LogP contribution is 2.30. The van der Waals surface area contributed by atoms with E-state index >= 15 is 0 Å². The van der Waals surface area contributed by atoms with Crippen molar-refractivity contribution in [3.63, 3.8) is 0 Å². The van der Waals surface area contributed by atoms with Gasteiger partial charge in [-0.15, -0.1) is 0 Å². The van der Waals surface area contributed by atoms with Crippen molar-refractivity contribution in [3.05, 3.63) is 65.4 Å². The third-order valence-electron chi connectivity index (χ3n) is 4.30. The Morgan fingerprint density at radius 1 is 1.15 bits per heavy atom. The molecule has 0 radical (unpaired) electrons. The van der Waals surface area contributed by atoms with Crippen LogP contribution >= 0.6 is 0 Å². The molecule has 0 amide bonds. The quantitative estimate of drug-likeness (QED) is 0.724. The third-order valence-corrected chi connectivity index (χ3v) is 4.30. The summed E-state index contributed by atoms with van der Waals surface area (Å²) in [6.45, 7) is 1.57. The molecule has 2 N–H and O–H groups in total. The second-order valence-electron chi connectivity index (χ2n) is 6.44. The molecule has 1 aromatic heterocycles. The number of hydrogen-bond acceptors (Lipinski definition) is 4. The number of aryl methyl sites for hydroxylation is 1. The second-order valence-corrected chi connectivity index (χ2v) is 6.44. The van der Waals surface area contributed by atoms with Gasteiger partial charge in [-0.1, -0.05) is 12.1 Å². The zero-order chi connectivity index (χ0) is 18.8. The molecule has 3 aromatic rings. The first-order valence-corrected chi connectivity index (χ1v) is 8.30. The van der Waals surface area contributed by atoms with E-state index < -0.39 is 17.7 Å². The standard InChI is InChI=1S/C20H21F2N3O/c1-12-9-17(15-7-8-16(21)19(22)20(15)23-12)24-18(11-26)13-5-4-6-14(10-13)25(2)3/h4-10,18,26H,11H2,1-3H3,(H,23,24)/t18-/m0/s1. The molecule has 3 rings (SSSR count). The highest BCUT2D eigenvalue weighted by molar-refractivity contribution is 5.92. The first-order valence-electron chi connectivity index (χ1n) is 8.30. The minimum absolute atomic E-state index is 0.0220. The minimum atomic E-state index is -0.968. The number of aliphatic hydroxyl groups is 1. The zero-order valence-corrected chi connectivity index (χ0v) is 14.9. The Morgan fingerprint density at radius 3 is 2.62 bits per heavy atom. The van der Waals surface area contributed by atoms with E-state index in [0.29, 0.717) is 16.8 Å². The van der Waals surface area contributed by atoms with E-state index in [1.807, 2.05) is 43.3 Å². The maximum atomic E-state index is 14.1. The first kappa shape index (κ1) is 18.1. The average Bonchev–Trinajstić information content (AvgIpc) is 2.63. The average molecular weight is 357 g/mol. The molecule has 0 aliphatic heterocycles. The van der Waals surface area contributed by atoms with E-state index in [9.17, 15) is 13.9 Å². The van der Waals surface area contributed by atoms with Crippen LogP contribution in [0, 0.1) is 18.6 Å². The number of fused-ring (bicyclic) bond motifs is 1. The summed E-state index contributed by atoms with van der Waals surface area (Å²) in [4.78, 5) is 6.09. The van der Waals surface area contributed by atoms with Crippen molar-refractivity contribution in [2.24, 2.45) is 0 Å². The van der Waals surface area contributed by atoms with Crippen LogP contribution in [0.5, 0.6) is 0 Å². The fraction of sp³-hybridized carbons (Fsp3) is 0.250. The minimum Gasteiger partial charge on any atom is -0.394 e. The number of anilines is 2. The lowest BCUT2D eigenvalue weighted by Gasteiger charge is -2.22. The van der Waals surface area contributed by atoms with Crippen LogP contribution in [-0.2, 0) is 0 Å². The molecule has 4 nitrogen and oxygen atoms in total. The summed E-state index contributed by atoms with van der Waals surface area (Å²) in [6.07, 6.45) is 0. The van der Waals surface area contributed by atoms with Gasteiger partial charge >= 0.3 is 0 Å². The summed E-state index contributed by atoms with van der Waals surface area (Å²) in [5, 5.41) is 13.6. The van der Waals surface area contributed by atoms with Gasteiger partial charge in [0.05, 0.1) is 12.6 Å². The van der Waals surface area contributed by atoms with Gasteiger partial charge in [-0.2, -0.15) is 0 Å². The Kier molecular flexibility index (Phi) is 5.04. The lowest BCUT2D eigenvalue weighted by molar-refractivity contribution is 0.276. The molecule has 2 aromatic carbocycles. The molecule has 0 saturated heterocycles. The van der Waals surface area contributed by atoms with Gasteiger partial charge in [0.2, 0.25) is 0 Å². The van der Waals surface area contributed by atoms with Gasteiger partial charge in [0, 0.05) is 36.6 Å². The fourth-order valence-electron chi connectivity index (χ4n) is 2.92. The Labute approximate surface area is 151 Å². The molecule has 0 unspecified atom stereocenters. The summed E-state index contributed by atoms with van der Waals surface area (Å²) in [5.41, 5.74) is 3.03. The predicted octanol–water partition coefficient (Wildman–Crippen LogP) is 4.03. The highest BCUT2D eigenvalue weighted by Gasteiger charge is 2.16. The van der Waals surface area contributed by atoms with Gasteiger partial charge in [0.25, 0.3) is 0 Å². The Balaban J connectivity index is 2.04. The van der Waals surface area contributed by atoms with Crippen LogP contribution in [0.2, 0.25) is 0 Å². The number of nitrogens with one attached hydrogen (secondary N) is 1. The van der Waals surface area contributed by atoms with Crippen molar-refractivity contribution < 1.29 is 13.9 Å². The summed E-state index contributed by atoms with van der Waals surface area (Å²) in [7, 11) is 3.88. The number of hydrogen-bond donors (Lipinski definition) is 2. The molecule has 0 bridgehead atoms. The van der Waals surface area contributed by atoms with Crippen molar-refractivity contribution in [1.29, 1.82) is 0 Å². The number of halogens is 2. The summed E-state index contributed by atoms with van der Waals surface area (Å²) >= 11 is 0. The van der Waals surface area contributed by atoms with Crippen LogP contribution < -0.4 is 10.2 Å². The van der Waals surface area contributed by atoms with Crippen molar-refractivity contribution in [3.8, 4) is 0 Å². The number of rotatable bonds is 5. The lowest BCUT2D eigenvalue weighted by atomic mass is 10.0. The van der Waals surface area contributed by atoms with E-state index in [4.69, 9.17) is 0 Å². The number of nitrogens with zero attached hydrogens (tertiary/aromatic N) is 2. The molecule has 0 spiro atoms. The molecular formula is C20H21F2N3O. The van der Waals surface area contributed by atoms with Crippen LogP contribution in [0.3, 0.4) is 0 Å². The van der Waals surface area contributed by atoms with Crippen molar-refractivity contribution in [2.45, 2.75) is 13.0 Å². The maximum Gasteiger partial charge on any atom is 0.185 e.